The Kier molecular flexibility index (Phi) is 4.45. The molecule has 0 radical (unpaired) electrons. The largest absolute Gasteiger partial charge is 0.486 e. The van der Waals surface area contributed by atoms with Gasteiger partial charge < -0.3 is 19.5 Å². The van der Waals surface area contributed by atoms with Gasteiger partial charge in [0, 0.05) is 6.07 Å². The van der Waals surface area contributed by atoms with Crippen molar-refractivity contribution >= 4 is 11.6 Å². The normalized spacial score (nSPS) is 12.6. The third-order valence-corrected chi connectivity index (χ3v) is 3.19. The maximum atomic E-state index is 13.5. The molecule has 0 aromatic heterocycles. The Morgan fingerprint density at radius 2 is 1.79 bits per heavy atom. The topological polar surface area (TPSA) is 56.8 Å². The molecule has 0 aliphatic carbocycles. The molecule has 1 heterocycles. The van der Waals surface area contributed by atoms with Gasteiger partial charge >= 0.3 is 0 Å². The van der Waals surface area contributed by atoms with Crippen LogP contribution >= 0.6 is 0 Å². The summed E-state index contributed by atoms with van der Waals surface area (Å²) in [4.78, 5) is 11.7. The predicted molar refractivity (Wildman–Crippen MR) is 77.9 cm³/mol. The number of nitrogens with one attached hydrogen (secondary N) is 1. The van der Waals surface area contributed by atoms with Crippen molar-refractivity contribution in [3.63, 3.8) is 0 Å². The van der Waals surface area contributed by atoms with E-state index in [1.54, 1.807) is 18.2 Å². The summed E-state index contributed by atoms with van der Waals surface area (Å²) < 4.78 is 55.4. The van der Waals surface area contributed by atoms with E-state index in [0.717, 1.165) is 12.1 Å². The molecule has 1 N–H and O–H groups in total. The van der Waals surface area contributed by atoms with Crippen LogP contribution in [0.5, 0.6) is 17.2 Å². The molecule has 0 bridgehead atoms. The van der Waals surface area contributed by atoms with Crippen molar-refractivity contribution in [2.45, 2.75) is 0 Å². The van der Waals surface area contributed by atoms with Crippen LogP contribution in [0.1, 0.15) is 0 Å². The van der Waals surface area contributed by atoms with E-state index in [0.29, 0.717) is 30.5 Å². The molecule has 3 rings (SSSR count). The summed E-state index contributed by atoms with van der Waals surface area (Å²) in [5, 5.41) is 2.11. The SMILES string of the molecule is O=C(COc1ccc2c(c1)OCCO2)Nc1ccc(F)c(F)c1F. The van der Waals surface area contributed by atoms with Crippen molar-refractivity contribution in [3.05, 3.63) is 47.8 Å². The molecule has 1 aliphatic rings. The summed E-state index contributed by atoms with van der Waals surface area (Å²) >= 11 is 0. The first kappa shape index (κ1) is 16.0. The first-order valence-electron chi connectivity index (χ1n) is 7.00. The second-order valence-corrected chi connectivity index (χ2v) is 4.87. The Balaban J connectivity index is 1.61. The van der Waals surface area contributed by atoms with Gasteiger partial charge in [0.25, 0.3) is 5.91 Å². The lowest BCUT2D eigenvalue weighted by atomic mass is 10.2. The molecule has 8 heteroatoms. The zero-order valence-electron chi connectivity index (χ0n) is 12.3. The minimum atomic E-state index is -1.65. The van der Waals surface area contributed by atoms with Gasteiger partial charge in [-0.25, -0.2) is 13.2 Å². The lowest BCUT2D eigenvalue weighted by molar-refractivity contribution is -0.118. The number of hydrogen-bond acceptors (Lipinski definition) is 4. The van der Waals surface area contributed by atoms with Gasteiger partial charge in [0.15, 0.2) is 35.6 Å². The lowest BCUT2D eigenvalue weighted by Gasteiger charge is -2.18. The number of halogens is 3. The van der Waals surface area contributed by atoms with Gasteiger partial charge in [-0.3, -0.25) is 4.79 Å². The van der Waals surface area contributed by atoms with Crippen molar-refractivity contribution in [2.24, 2.45) is 0 Å². The highest BCUT2D eigenvalue weighted by Crippen LogP contribution is 2.33. The molecule has 1 aliphatic heterocycles. The van der Waals surface area contributed by atoms with Crippen LogP contribution in [-0.2, 0) is 4.79 Å². The highest BCUT2D eigenvalue weighted by molar-refractivity contribution is 5.92. The number of amides is 1. The number of fused-ring (bicyclic) bond motifs is 1. The quantitative estimate of drug-likeness (QED) is 0.871. The van der Waals surface area contributed by atoms with Crippen LogP contribution < -0.4 is 19.5 Å². The minimum absolute atomic E-state index is 0.347. The van der Waals surface area contributed by atoms with E-state index in [2.05, 4.69) is 5.32 Å². The van der Waals surface area contributed by atoms with Crippen molar-refractivity contribution in [3.8, 4) is 17.2 Å². The van der Waals surface area contributed by atoms with Gasteiger partial charge in [-0.2, -0.15) is 0 Å². The van der Waals surface area contributed by atoms with Gasteiger partial charge in [-0.05, 0) is 24.3 Å². The van der Waals surface area contributed by atoms with Crippen LogP contribution in [0.25, 0.3) is 0 Å². The second-order valence-electron chi connectivity index (χ2n) is 4.87. The fraction of sp³-hybridized carbons (Fsp3) is 0.188. The Labute approximate surface area is 134 Å². The molecule has 2 aromatic rings. The van der Waals surface area contributed by atoms with Crippen LogP contribution in [0, 0.1) is 17.5 Å². The maximum Gasteiger partial charge on any atom is 0.262 e. The maximum absolute atomic E-state index is 13.5. The summed E-state index contributed by atoms with van der Waals surface area (Å²) in [6.07, 6.45) is 0. The van der Waals surface area contributed by atoms with Gasteiger partial charge in [-0.15, -0.1) is 0 Å². The van der Waals surface area contributed by atoms with Crippen LogP contribution in [0.3, 0.4) is 0 Å². The molecule has 1 amide bonds. The van der Waals surface area contributed by atoms with Crippen LogP contribution in [0.2, 0.25) is 0 Å². The third kappa shape index (κ3) is 3.37. The Morgan fingerprint density at radius 1 is 1.04 bits per heavy atom. The second kappa shape index (κ2) is 6.69. The number of rotatable bonds is 4. The Hall–Kier alpha value is -2.90. The summed E-state index contributed by atoms with van der Waals surface area (Å²) in [6.45, 7) is 0.416. The standard InChI is InChI=1S/C16H12F3NO4/c17-10-2-3-11(16(19)15(10)18)20-14(21)8-24-9-1-4-12-13(7-9)23-6-5-22-12/h1-4,7H,5-6,8H2,(H,20,21). The molecule has 0 fully saturated rings. The first-order chi connectivity index (χ1) is 11.5. The number of benzene rings is 2. The summed E-state index contributed by atoms with van der Waals surface area (Å²) in [7, 11) is 0. The molecule has 126 valence electrons. The molecule has 0 atom stereocenters. The van der Waals surface area contributed by atoms with E-state index in [-0.39, 0.29) is 0 Å². The minimum Gasteiger partial charge on any atom is -0.486 e. The van der Waals surface area contributed by atoms with E-state index in [9.17, 15) is 18.0 Å². The van der Waals surface area contributed by atoms with Crippen LogP contribution in [-0.4, -0.2) is 25.7 Å². The van der Waals surface area contributed by atoms with E-state index in [4.69, 9.17) is 14.2 Å². The molecule has 24 heavy (non-hydrogen) atoms. The molecule has 0 saturated heterocycles. The summed E-state index contributed by atoms with van der Waals surface area (Å²) in [5.74, 6) is -3.77. The van der Waals surface area contributed by atoms with Crippen molar-refractivity contribution < 1.29 is 32.2 Å². The highest BCUT2D eigenvalue weighted by atomic mass is 19.2. The van der Waals surface area contributed by atoms with Crippen molar-refractivity contribution in [1.29, 1.82) is 0 Å². The molecular formula is C16H12F3NO4. The van der Waals surface area contributed by atoms with E-state index < -0.39 is 35.7 Å². The number of anilines is 1. The fourth-order valence-electron chi connectivity index (χ4n) is 2.07. The number of hydrogen-bond donors (Lipinski definition) is 1. The van der Waals surface area contributed by atoms with Crippen LogP contribution in [0.15, 0.2) is 30.3 Å². The Bertz CT molecular complexity index is 782. The van der Waals surface area contributed by atoms with E-state index in [1.165, 1.54) is 0 Å². The van der Waals surface area contributed by atoms with Crippen molar-refractivity contribution in [2.75, 3.05) is 25.1 Å². The lowest BCUT2D eigenvalue weighted by Crippen LogP contribution is -2.21. The van der Waals surface area contributed by atoms with Crippen LogP contribution in [0.4, 0.5) is 18.9 Å². The van der Waals surface area contributed by atoms with E-state index in [1.807, 2.05) is 0 Å². The van der Waals surface area contributed by atoms with Gasteiger partial charge in [-0.1, -0.05) is 0 Å². The number of carbonyl (C=O) groups is 1. The predicted octanol–water partition coefficient (Wildman–Crippen LogP) is 2.89. The van der Waals surface area contributed by atoms with Gasteiger partial charge in [0.1, 0.15) is 19.0 Å². The van der Waals surface area contributed by atoms with Crippen molar-refractivity contribution in [1.82, 2.24) is 0 Å². The summed E-state index contributed by atoms with van der Waals surface area (Å²) in [6, 6.07) is 6.42. The van der Waals surface area contributed by atoms with Gasteiger partial charge in [0.2, 0.25) is 0 Å². The molecule has 2 aromatic carbocycles. The zero-order chi connectivity index (χ0) is 17.1. The number of ether oxygens (including phenoxy) is 3. The molecule has 5 nitrogen and oxygen atoms in total. The average Bonchev–Trinajstić information content (AvgIpc) is 2.60. The molecule has 0 saturated carbocycles. The molecule has 0 spiro atoms. The molecular weight excluding hydrogens is 327 g/mol. The average molecular weight is 339 g/mol. The van der Waals surface area contributed by atoms with E-state index >= 15 is 0 Å². The smallest absolute Gasteiger partial charge is 0.262 e. The Morgan fingerprint density at radius 3 is 2.58 bits per heavy atom. The summed E-state index contributed by atoms with van der Waals surface area (Å²) in [5.41, 5.74) is -0.468. The zero-order valence-corrected chi connectivity index (χ0v) is 12.3. The van der Waals surface area contributed by atoms with Gasteiger partial charge in [0.05, 0.1) is 5.69 Å². The molecule has 0 unspecified atom stereocenters. The number of carbonyl (C=O) groups excluding carboxylic acids is 1. The third-order valence-electron chi connectivity index (χ3n) is 3.19. The highest BCUT2D eigenvalue weighted by Gasteiger charge is 2.16. The first-order valence-corrected chi connectivity index (χ1v) is 7.00. The fourth-order valence-corrected chi connectivity index (χ4v) is 2.07. The monoisotopic (exact) mass is 339 g/mol.